The van der Waals surface area contributed by atoms with Gasteiger partial charge in [0, 0.05) is 32.1 Å². The van der Waals surface area contributed by atoms with E-state index in [4.69, 9.17) is 0 Å². The SMILES string of the molecule is CC(C)c1ccc(S(=O)(=O)N2CCC(C(=O)N3CCC[C@H](C(F)(F)F)C3)CC2)cc1. The molecule has 3 rings (SSSR count). The van der Waals surface area contributed by atoms with E-state index in [9.17, 15) is 26.4 Å². The summed E-state index contributed by atoms with van der Waals surface area (Å²) in [5.41, 5.74) is 1.05. The Labute approximate surface area is 176 Å². The number of likely N-dealkylation sites (tertiary alicyclic amines) is 1. The number of halogens is 3. The molecule has 2 saturated heterocycles. The molecule has 0 unspecified atom stereocenters. The van der Waals surface area contributed by atoms with Crippen molar-refractivity contribution in [2.45, 2.75) is 56.5 Å². The van der Waals surface area contributed by atoms with Gasteiger partial charge in [-0.2, -0.15) is 17.5 Å². The molecule has 0 aromatic heterocycles. The first-order valence-corrected chi connectivity index (χ1v) is 11.9. The zero-order valence-corrected chi connectivity index (χ0v) is 18.2. The molecule has 0 spiro atoms. The molecule has 9 heteroatoms. The molecule has 168 valence electrons. The Balaban J connectivity index is 1.60. The zero-order valence-electron chi connectivity index (χ0n) is 17.4. The third kappa shape index (κ3) is 4.99. The molecule has 2 heterocycles. The van der Waals surface area contributed by atoms with Gasteiger partial charge < -0.3 is 4.90 Å². The molecule has 0 N–H and O–H groups in total. The standard InChI is InChI=1S/C21H29F3N2O3S/c1-15(2)16-5-7-19(8-6-16)30(28,29)26-12-9-17(10-13-26)20(27)25-11-3-4-18(14-25)21(22,23)24/h5-8,15,17-18H,3-4,9-14H2,1-2H3/t18-/m0/s1. The highest BCUT2D eigenvalue weighted by Crippen LogP contribution is 2.34. The summed E-state index contributed by atoms with van der Waals surface area (Å²) in [4.78, 5) is 14.3. The van der Waals surface area contributed by atoms with Crippen LogP contribution in [0.3, 0.4) is 0 Å². The molecule has 2 aliphatic rings. The summed E-state index contributed by atoms with van der Waals surface area (Å²) >= 11 is 0. The maximum absolute atomic E-state index is 13.0. The van der Waals surface area contributed by atoms with Crippen LogP contribution in [0.1, 0.15) is 51.0 Å². The lowest BCUT2D eigenvalue weighted by Crippen LogP contribution is -2.49. The van der Waals surface area contributed by atoms with Gasteiger partial charge in [0.1, 0.15) is 0 Å². The van der Waals surface area contributed by atoms with Crippen LogP contribution in [-0.2, 0) is 14.8 Å². The van der Waals surface area contributed by atoms with Gasteiger partial charge in [0.2, 0.25) is 15.9 Å². The Morgan fingerprint density at radius 1 is 1.03 bits per heavy atom. The van der Waals surface area contributed by atoms with Crippen molar-refractivity contribution in [1.29, 1.82) is 0 Å². The van der Waals surface area contributed by atoms with Crippen LogP contribution in [0.15, 0.2) is 29.2 Å². The van der Waals surface area contributed by atoms with Gasteiger partial charge in [-0.05, 0) is 49.3 Å². The van der Waals surface area contributed by atoms with Crippen molar-refractivity contribution < 1.29 is 26.4 Å². The van der Waals surface area contributed by atoms with Crippen molar-refractivity contribution in [3.05, 3.63) is 29.8 Å². The number of amides is 1. The molecule has 0 saturated carbocycles. The lowest BCUT2D eigenvalue weighted by atomic mass is 9.92. The van der Waals surface area contributed by atoms with Crippen LogP contribution in [0.5, 0.6) is 0 Å². The van der Waals surface area contributed by atoms with Crippen molar-refractivity contribution in [2.75, 3.05) is 26.2 Å². The van der Waals surface area contributed by atoms with E-state index in [1.165, 1.54) is 9.21 Å². The Kier molecular flexibility index (Phi) is 6.81. The molecule has 2 fully saturated rings. The van der Waals surface area contributed by atoms with E-state index in [1.807, 2.05) is 13.8 Å². The molecule has 0 radical (unpaired) electrons. The predicted octanol–water partition coefficient (Wildman–Crippen LogP) is 4.01. The van der Waals surface area contributed by atoms with Crippen LogP contribution >= 0.6 is 0 Å². The van der Waals surface area contributed by atoms with Crippen LogP contribution in [0.25, 0.3) is 0 Å². The summed E-state index contributed by atoms with van der Waals surface area (Å²) in [6, 6.07) is 6.82. The molecular weight excluding hydrogens is 417 g/mol. The monoisotopic (exact) mass is 446 g/mol. The number of hydrogen-bond donors (Lipinski definition) is 0. The second-order valence-electron chi connectivity index (χ2n) is 8.57. The van der Waals surface area contributed by atoms with Crippen LogP contribution in [-0.4, -0.2) is 55.9 Å². The minimum absolute atomic E-state index is 0.0551. The predicted molar refractivity (Wildman–Crippen MR) is 107 cm³/mol. The average Bonchev–Trinajstić information content (AvgIpc) is 2.73. The number of hydrogen-bond acceptors (Lipinski definition) is 3. The van der Waals surface area contributed by atoms with Crippen molar-refractivity contribution >= 4 is 15.9 Å². The first-order chi connectivity index (χ1) is 14.0. The van der Waals surface area contributed by atoms with Gasteiger partial charge in [-0.25, -0.2) is 8.42 Å². The summed E-state index contributed by atoms with van der Waals surface area (Å²) in [5.74, 6) is -1.87. The Bertz CT molecular complexity index is 845. The summed E-state index contributed by atoms with van der Waals surface area (Å²) < 4.78 is 66.2. The maximum atomic E-state index is 13.0. The van der Waals surface area contributed by atoms with E-state index in [0.29, 0.717) is 31.7 Å². The second-order valence-corrected chi connectivity index (χ2v) is 10.5. The highest BCUT2D eigenvalue weighted by Gasteiger charge is 2.44. The van der Waals surface area contributed by atoms with E-state index in [1.54, 1.807) is 24.3 Å². The van der Waals surface area contributed by atoms with Crippen molar-refractivity contribution in [1.82, 2.24) is 9.21 Å². The van der Waals surface area contributed by atoms with Gasteiger partial charge in [-0.1, -0.05) is 26.0 Å². The molecule has 2 aliphatic heterocycles. The number of rotatable bonds is 4. The van der Waals surface area contributed by atoms with Crippen molar-refractivity contribution in [3.63, 3.8) is 0 Å². The first kappa shape index (κ1) is 23.1. The van der Waals surface area contributed by atoms with E-state index in [-0.39, 0.29) is 36.9 Å². The van der Waals surface area contributed by atoms with Crippen LogP contribution < -0.4 is 0 Å². The number of carbonyl (C=O) groups excluding carboxylic acids is 1. The molecule has 0 bridgehead atoms. The van der Waals surface area contributed by atoms with E-state index in [2.05, 4.69) is 0 Å². The smallest absolute Gasteiger partial charge is 0.342 e. The summed E-state index contributed by atoms with van der Waals surface area (Å²) in [6.45, 7) is 4.51. The fourth-order valence-corrected chi connectivity index (χ4v) is 5.69. The molecule has 1 atom stereocenters. The highest BCUT2D eigenvalue weighted by atomic mass is 32.2. The van der Waals surface area contributed by atoms with E-state index >= 15 is 0 Å². The molecule has 30 heavy (non-hydrogen) atoms. The average molecular weight is 447 g/mol. The quantitative estimate of drug-likeness (QED) is 0.702. The van der Waals surface area contributed by atoms with Gasteiger partial charge in [0.05, 0.1) is 10.8 Å². The van der Waals surface area contributed by atoms with Gasteiger partial charge in [-0.3, -0.25) is 4.79 Å². The van der Waals surface area contributed by atoms with Gasteiger partial charge in [0.25, 0.3) is 0 Å². The Morgan fingerprint density at radius 2 is 1.63 bits per heavy atom. The molecule has 1 aromatic rings. The fourth-order valence-electron chi connectivity index (χ4n) is 4.22. The lowest BCUT2D eigenvalue weighted by Gasteiger charge is -2.38. The number of nitrogens with zero attached hydrogens (tertiary/aromatic N) is 2. The Morgan fingerprint density at radius 3 is 2.17 bits per heavy atom. The second kappa shape index (κ2) is 8.86. The van der Waals surface area contributed by atoms with E-state index < -0.39 is 28.0 Å². The molecule has 5 nitrogen and oxygen atoms in total. The van der Waals surface area contributed by atoms with Crippen molar-refractivity contribution in [2.24, 2.45) is 11.8 Å². The largest absolute Gasteiger partial charge is 0.393 e. The highest BCUT2D eigenvalue weighted by molar-refractivity contribution is 7.89. The van der Waals surface area contributed by atoms with Crippen LogP contribution in [0, 0.1) is 11.8 Å². The third-order valence-corrected chi connectivity index (χ3v) is 8.10. The number of piperidine rings is 2. The molecule has 1 amide bonds. The normalized spacial score (nSPS) is 22.5. The van der Waals surface area contributed by atoms with E-state index in [0.717, 1.165) is 5.56 Å². The number of carbonyl (C=O) groups is 1. The Hall–Kier alpha value is -1.61. The van der Waals surface area contributed by atoms with Gasteiger partial charge >= 0.3 is 6.18 Å². The molecule has 0 aliphatic carbocycles. The number of benzene rings is 1. The summed E-state index contributed by atoms with van der Waals surface area (Å²) in [5, 5.41) is 0. The first-order valence-electron chi connectivity index (χ1n) is 10.5. The summed E-state index contributed by atoms with van der Waals surface area (Å²) in [7, 11) is -3.65. The summed E-state index contributed by atoms with van der Waals surface area (Å²) in [6.07, 6.45) is -3.23. The topological polar surface area (TPSA) is 57.7 Å². The number of sulfonamides is 1. The lowest BCUT2D eigenvalue weighted by molar-refractivity contribution is -0.188. The molecule has 1 aromatic carbocycles. The zero-order chi connectivity index (χ0) is 22.1. The fraction of sp³-hybridized carbons (Fsp3) is 0.667. The number of alkyl halides is 3. The van der Waals surface area contributed by atoms with Crippen LogP contribution in [0.2, 0.25) is 0 Å². The van der Waals surface area contributed by atoms with Crippen LogP contribution in [0.4, 0.5) is 13.2 Å². The van der Waals surface area contributed by atoms with Gasteiger partial charge in [-0.15, -0.1) is 0 Å². The minimum atomic E-state index is -4.29. The van der Waals surface area contributed by atoms with Gasteiger partial charge in [0.15, 0.2) is 0 Å². The minimum Gasteiger partial charge on any atom is -0.342 e. The van der Waals surface area contributed by atoms with Crippen molar-refractivity contribution in [3.8, 4) is 0 Å². The third-order valence-electron chi connectivity index (χ3n) is 6.18. The maximum Gasteiger partial charge on any atom is 0.393 e. The molecular formula is C21H29F3N2O3S.